The van der Waals surface area contributed by atoms with Crippen LogP contribution in [0.5, 0.6) is 0 Å². The zero-order valence-corrected chi connectivity index (χ0v) is 22.6. The van der Waals surface area contributed by atoms with Gasteiger partial charge in [0, 0.05) is 35.8 Å². The molecule has 0 aliphatic carbocycles. The van der Waals surface area contributed by atoms with Crippen molar-refractivity contribution in [1.82, 2.24) is 19.5 Å². The second kappa shape index (κ2) is 11.9. The van der Waals surface area contributed by atoms with Gasteiger partial charge in [-0.1, -0.05) is 47.8 Å². The van der Waals surface area contributed by atoms with Crippen molar-refractivity contribution < 1.29 is 29.9 Å². The molecule has 1 fully saturated rings. The molecule has 4 aromatic rings. The van der Waals surface area contributed by atoms with Gasteiger partial charge in [-0.05, 0) is 11.1 Å². The number of nitrogens with two attached hydrogens (primary N) is 1. The molecule has 0 unspecified atom stereocenters. The Balaban J connectivity index is 1.50. The highest BCUT2D eigenvalue weighted by molar-refractivity contribution is 7.98. The van der Waals surface area contributed by atoms with Crippen LogP contribution in [0.4, 0.5) is 17.3 Å². The van der Waals surface area contributed by atoms with Gasteiger partial charge in [0.25, 0.3) is 11.4 Å². The summed E-state index contributed by atoms with van der Waals surface area (Å²) in [4.78, 5) is 34.4. The number of hydrogen-bond donors (Lipinski definition) is 4. The topological polar surface area (TPSA) is 226 Å². The number of hydrogen-bond acceptors (Lipinski definition) is 14. The quantitative estimate of drug-likeness (QED) is 0.0886. The molecule has 0 radical (unpaired) electrons. The first-order valence-electron chi connectivity index (χ1n) is 12.1. The van der Waals surface area contributed by atoms with Crippen molar-refractivity contribution in [3.8, 4) is 0 Å². The molecule has 17 heteroatoms. The number of ether oxygens (including phenoxy) is 1. The fourth-order valence-corrected chi connectivity index (χ4v) is 6.10. The van der Waals surface area contributed by atoms with Crippen molar-refractivity contribution in [3.63, 3.8) is 0 Å². The number of nitro benzene ring substituents is 2. The van der Waals surface area contributed by atoms with Crippen molar-refractivity contribution in [1.29, 1.82) is 0 Å². The van der Waals surface area contributed by atoms with E-state index in [4.69, 9.17) is 15.5 Å². The number of thioether (sulfide) groups is 2. The maximum atomic E-state index is 11.0. The van der Waals surface area contributed by atoms with Crippen LogP contribution in [-0.4, -0.2) is 69.6 Å². The van der Waals surface area contributed by atoms with E-state index >= 15 is 0 Å². The van der Waals surface area contributed by atoms with E-state index in [1.54, 1.807) is 24.3 Å². The van der Waals surface area contributed by atoms with E-state index in [-0.39, 0.29) is 23.0 Å². The Bertz CT molecular complexity index is 1590. The van der Waals surface area contributed by atoms with Crippen LogP contribution in [0.15, 0.2) is 58.7 Å². The number of anilines is 1. The lowest BCUT2D eigenvalue weighted by atomic mass is 10.1. The van der Waals surface area contributed by atoms with Crippen LogP contribution in [0, 0.1) is 20.2 Å². The number of aliphatic hydroxyl groups is 3. The maximum absolute atomic E-state index is 11.0. The van der Waals surface area contributed by atoms with E-state index in [9.17, 15) is 35.5 Å². The molecular weight excluding hydrogens is 578 g/mol. The van der Waals surface area contributed by atoms with E-state index < -0.39 is 41.0 Å². The summed E-state index contributed by atoms with van der Waals surface area (Å²) in [5.74, 6) is 0.642. The smallest absolute Gasteiger partial charge is 0.269 e. The van der Waals surface area contributed by atoms with Gasteiger partial charge in [-0.15, -0.1) is 0 Å². The third-order valence-electron chi connectivity index (χ3n) is 6.30. The van der Waals surface area contributed by atoms with Crippen molar-refractivity contribution >= 4 is 52.0 Å². The number of non-ortho nitro benzene ring substituents is 2. The molecule has 5 rings (SSSR count). The summed E-state index contributed by atoms with van der Waals surface area (Å²) < 4.78 is 7.27. The molecule has 4 atom stereocenters. The third-order valence-corrected chi connectivity index (χ3v) is 8.36. The minimum Gasteiger partial charge on any atom is -0.394 e. The molecule has 1 aliphatic heterocycles. The maximum Gasteiger partial charge on any atom is 0.269 e. The lowest BCUT2D eigenvalue weighted by Crippen LogP contribution is -2.33. The highest BCUT2D eigenvalue weighted by Gasteiger charge is 2.45. The number of aromatic nitrogens is 4. The van der Waals surface area contributed by atoms with E-state index in [0.29, 0.717) is 27.2 Å². The van der Waals surface area contributed by atoms with E-state index in [0.717, 1.165) is 11.1 Å². The summed E-state index contributed by atoms with van der Waals surface area (Å²) >= 11 is 2.52. The number of aliphatic hydroxyl groups excluding tert-OH is 3. The van der Waals surface area contributed by atoms with Gasteiger partial charge in [0.2, 0.25) is 5.95 Å². The van der Waals surface area contributed by atoms with Gasteiger partial charge in [-0.25, -0.2) is 9.97 Å². The van der Waals surface area contributed by atoms with Crippen molar-refractivity contribution in [2.24, 2.45) is 0 Å². The number of imidazole rings is 1. The summed E-state index contributed by atoms with van der Waals surface area (Å²) in [6, 6.07) is 12.1. The Kier molecular flexibility index (Phi) is 8.34. The van der Waals surface area contributed by atoms with Gasteiger partial charge >= 0.3 is 0 Å². The van der Waals surface area contributed by atoms with Gasteiger partial charge in [0.05, 0.1) is 16.5 Å². The molecule has 214 valence electrons. The molecule has 2 aromatic heterocycles. The van der Waals surface area contributed by atoms with Crippen LogP contribution in [0.3, 0.4) is 0 Å². The van der Waals surface area contributed by atoms with Gasteiger partial charge in [-0.3, -0.25) is 24.8 Å². The molecule has 0 spiro atoms. The van der Waals surface area contributed by atoms with Crippen molar-refractivity contribution in [2.45, 2.75) is 46.2 Å². The molecule has 1 saturated heterocycles. The van der Waals surface area contributed by atoms with Crippen LogP contribution in [0.25, 0.3) is 11.2 Å². The SMILES string of the molecule is Nc1nc(SCc2ccc([N+](=O)[O-])cc2)c2nc(SCc3ccc([N+](=O)[O-])cc3)n([C@H]3O[C@@H](CO)[C@@H](O)[C@@H]3O)c2n1. The Hall–Kier alpha value is -3.87. The Labute approximate surface area is 239 Å². The molecule has 41 heavy (non-hydrogen) atoms. The molecule has 5 N–H and O–H groups in total. The summed E-state index contributed by atoms with van der Waals surface area (Å²) in [5.41, 5.74) is 8.09. The predicted octanol–water partition coefficient (Wildman–Crippen LogP) is 2.42. The second-order valence-electron chi connectivity index (χ2n) is 8.98. The zero-order chi connectivity index (χ0) is 29.3. The predicted molar refractivity (Wildman–Crippen MR) is 148 cm³/mol. The van der Waals surface area contributed by atoms with Crippen LogP contribution >= 0.6 is 23.5 Å². The first kappa shape index (κ1) is 28.7. The average molecular weight is 602 g/mol. The van der Waals surface area contributed by atoms with Crippen LogP contribution < -0.4 is 5.73 Å². The lowest BCUT2D eigenvalue weighted by molar-refractivity contribution is -0.385. The molecule has 0 saturated carbocycles. The fourth-order valence-electron chi connectivity index (χ4n) is 4.20. The molecule has 0 bridgehead atoms. The molecule has 2 aromatic carbocycles. The largest absolute Gasteiger partial charge is 0.394 e. The number of fused-ring (bicyclic) bond motifs is 1. The number of rotatable bonds is 10. The fraction of sp³-hybridized carbons (Fsp3) is 0.292. The minimum absolute atomic E-state index is 0.0284. The minimum atomic E-state index is -1.42. The van der Waals surface area contributed by atoms with E-state index in [2.05, 4.69) is 9.97 Å². The van der Waals surface area contributed by atoms with Crippen LogP contribution in [0.1, 0.15) is 17.4 Å². The average Bonchev–Trinajstić information content (AvgIpc) is 3.46. The highest BCUT2D eigenvalue weighted by Crippen LogP contribution is 2.39. The van der Waals surface area contributed by atoms with Crippen molar-refractivity contribution in [2.75, 3.05) is 12.3 Å². The monoisotopic (exact) mass is 601 g/mol. The Morgan fingerprint density at radius 2 is 1.44 bits per heavy atom. The molecule has 3 heterocycles. The third kappa shape index (κ3) is 5.95. The molecular formula is C24H23N7O8S2. The van der Waals surface area contributed by atoms with Crippen LogP contribution in [0.2, 0.25) is 0 Å². The number of nitrogen functional groups attached to an aromatic ring is 1. The van der Waals surface area contributed by atoms with Gasteiger partial charge in [0.15, 0.2) is 17.0 Å². The number of nitro groups is 2. The summed E-state index contributed by atoms with van der Waals surface area (Å²) in [6.45, 7) is -0.528. The zero-order valence-electron chi connectivity index (χ0n) is 21.0. The normalized spacial score (nSPS) is 20.5. The summed E-state index contributed by atoms with van der Waals surface area (Å²) in [6.07, 6.45) is -5.00. The standard InChI is InChI=1S/C24H23N7O8S2/c25-23-27-20-17(21(28-23)40-10-12-1-5-14(6-2-12)30(35)36)26-24(29(20)22-19(34)18(33)16(9-32)39-22)41-11-13-3-7-15(8-4-13)31(37)38/h1-8,16,18-19,22,32-34H,9-11H2,(H2,25,27,28)/t16-,18+,19-,22-/m0/s1. The lowest BCUT2D eigenvalue weighted by Gasteiger charge is -2.19. The number of nitrogens with zero attached hydrogens (tertiary/aromatic N) is 6. The molecule has 0 amide bonds. The van der Waals surface area contributed by atoms with Crippen LogP contribution in [-0.2, 0) is 16.2 Å². The Morgan fingerprint density at radius 3 is 1.95 bits per heavy atom. The van der Waals surface area contributed by atoms with Gasteiger partial charge in [0.1, 0.15) is 28.9 Å². The Morgan fingerprint density at radius 1 is 0.878 bits per heavy atom. The highest BCUT2D eigenvalue weighted by atomic mass is 32.2. The van der Waals surface area contributed by atoms with Gasteiger partial charge < -0.3 is 25.8 Å². The van der Waals surface area contributed by atoms with E-state index in [1.807, 2.05) is 0 Å². The summed E-state index contributed by atoms with van der Waals surface area (Å²) in [5, 5.41) is 53.5. The molecule has 15 nitrogen and oxygen atoms in total. The first-order chi connectivity index (χ1) is 19.7. The summed E-state index contributed by atoms with van der Waals surface area (Å²) in [7, 11) is 0. The second-order valence-corrected chi connectivity index (χ2v) is 10.9. The first-order valence-corrected chi connectivity index (χ1v) is 14.0. The van der Waals surface area contributed by atoms with E-state index in [1.165, 1.54) is 52.4 Å². The molecule has 1 aliphatic rings. The number of benzene rings is 2. The van der Waals surface area contributed by atoms with Gasteiger partial charge in [-0.2, -0.15) is 4.98 Å². The van der Waals surface area contributed by atoms with Crippen molar-refractivity contribution in [3.05, 3.63) is 79.9 Å².